The van der Waals surface area contributed by atoms with Crippen molar-refractivity contribution in [2.75, 3.05) is 7.05 Å². The average Bonchev–Trinajstić information content (AvgIpc) is 2.00. The van der Waals surface area contributed by atoms with E-state index < -0.39 is 0 Å². The Morgan fingerprint density at radius 3 is 2.64 bits per heavy atom. The number of rotatable bonds is 3. The van der Waals surface area contributed by atoms with Gasteiger partial charge < -0.3 is 5.32 Å². The summed E-state index contributed by atoms with van der Waals surface area (Å²) in [5.41, 5.74) is 0.907. The summed E-state index contributed by atoms with van der Waals surface area (Å²) in [7, 11) is 1.60. The molecule has 0 rings (SSSR count). The second kappa shape index (κ2) is 5.47. The number of allylic oxidation sites excluding steroid dienone is 4. The molecule has 1 amide bonds. The van der Waals surface area contributed by atoms with E-state index in [0.29, 0.717) is 0 Å². The fourth-order valence-corrected chi connectivity index (χ4v) is 0.547. The number of hydrogen-bond donors (Lipinski definition) is 1. The van der Waals surface area contributed by atoms with E-state index in [4.69, 9.17) is 0 Å². The van der Waals surface area contributed by atoms with Gasteiger partial charge in [0.2, 0.25) is 5.91 Å². The first-order valence-corrected chi connectivity index (χ1v) is 3.40. The van der Waals surface area contributed by atoms with Crippen molar-refractivity contribution in [1.82, 2.24) is 5.32 Å². The second-order valence-electron chi connectivity index (χ2n) is 2.10. The highest BCUT2D eigenvalue weighted by Gasteiger charge is 1.89. The van der Waals surface area contributed by atoms with Crippen LogP contribution in [-0.2, 0) is 4.79 Å². The number of hydrogen-bond acceptors (Lipinski definition) is 1. The molecular weight excluding hydrogens is 138 g/mol. The summed E-state index contributed by atoms with van der Waals surface area (Å²) in [6, 6.07) is 0. The number of likely N-dealkylation sites (N-methyl/N-ethyl adjacent to an activating group) is 1. The van der Waals surface area contributed by atoms with Crippen LogP contribution >= 0.6 is 0 Å². The van der Waals surface area contributed by atoms with E-state index in [-0.39, 0.29) is 5.91 Å². The van der Waals surface area contributed by atoms with Crippen molar-refractivity contribution >= 4 is 5.91 Å². The monoisotopic (exact) mass is 151 g/mol. The van der Waals surface area contributed by atoms with E-state index in [9.17, 15) is 4.79 Å². The molecule has 60 valence electrons. The molecule has 0 aliphatic heterocycles. The topological polar surface area (TPSA) is 29.1 Å². The number of carbonyl (C=O) groups is 1. The molecule has 0 saturated carbocycles. The summed E-state index contributed by atoms with van der Waals surface area (Å²) in [6.45, 7) is 5.37. The van der Waals surface area contributed by atoms with Gasteiger partial charge in [0, 0.05) is 13.1 Å². The molecule has 0 aromatic rings. The van der Waals surface area contributed by atoms with Gasteiger partial charge in [0.05, 0.1) is 0 Å². The lowest BCUT2D eigenvalue weighted by Gasteiger charge is -1.91. The lowest BCUT2D eigenvalue weighted by molar-refractivity contribution is -0.116. The van der Waals surface area contributed by atoms with E-state index in [1.807, 2.05) is 13.0 Å². The molecule has 0 radical (unpaired) electrons. The van der Waals surface area contributed by atoms with E-state index in [0.717, 1.165) is 5.57 Å². The van der Waals surface area contributed by atoms with Crippen LogP contribution in [0.3, 0.4) is 0 Å². The van der Waals surface area contributed by atoms with Crippen LogP contribution in [0.1, 0.15) is 6.92 Å². The first-order chi connectivity index (χ1) is 5.20. The largest absolute Gasteiger partial charge is 0.356 e. The molecule has 0 unspecified atom stereocenters. The van der Waals surface area contributed by atoms with E-state index >= 15 is 0 Å². The highest BCUT2D eigenvalue weighted by Crippen LogP contribution is 1.93. The Bertz CT molecular complexity index is 202. The molecule has 0 spiro atoms. The Labute approximate surface area is 67.3 Å². The van der Waals surface area contributed by atoms with Gasteiger partial charge in [-0.15, -0.1) is 0 Å². The molecule has 0 aromatic carbocycles. The second-order valence-corrected chi connectivity index (χ2v) is 2.10. The molecule has 0 atom stereocenters. The van der Waals surface area contributed by atoms with Gasteiger partial charge in [-0.3, -0.25) is 4.79 Å². The summed E-state index contributed by atoms with van der Waals surface area (Å²) in [5, 5.41) is 2.50. The number of amides is 1. The van der Waals surface area contributed by atoms with Crippen LogP contribution in [0.15, 0.2) is 36.5 Å². The molecule has 0 aliphatic carbocycles. The van der Waals surface area contributed by atoms with Gasteiger partial charge in [-0.2, -0.15) is 0 Å². The molecule has 2 nitrogen and oxygen atoms in total. The van der Waals surface area contributed by atoms with Crippen molar-refractivity contribution in [1.29, 1.82) is 0 Å². The fraction of sp³-hybridized carbons (Fsp3) is 0.222. The third-order valence-corrected chi connectivity index (χ3v) is 1.10. The minimum absolute atomic E-state index is 0.0868. The summed E-state index contributed by atoms with van der Waals surface area (Å²) in [6.07, 6.45) is 6.80. The maximum Gasteiger partial charge on any atom is 0.243 e. The summed E-state index contributed by atoms with van der Waals surface area (Å²) in [5.74, 6) is -0.0868. The van der Waals surface area contributed by atoms with Crippen LogP contribution < -0.4 is 5.32 Å². The van der Waals surface area contributed by atoms with Crippen LogP contribution in [0, 0.1) is 0 Å². The standard InChI is InChI=1S/C9H13NO/c1-4-5-6-8(2)7-9(11)10-3/h4-7H,1H2,2-3H3,(H,10,11)/b6-5+,8-7-. The Morgan fingerprint density at radius 1 is 1.55 bits per heavy atom. The Hall–Kier alpha value is -1.31. The van der Waals surface area contributed by atoms with E-state index in [1.165, 1.54) is 6.08 Å². The van der Waals surface area contributed by atoms with E-state index in [1.54, 1.807) is 19.2 Å². The molecule has 2 heteroatoms. The third-order valence-electron chi connectivity index (χ3n) is 1.10. The Balaban J connectivity index is 4.10. The molecule has 0 fully saturated rings. The zero-order valence-corrected chi connectivity index (χ0v) is 6.92. The first kappa shape index (κ1) is 9.69. The average molecular weight is 151 g/mol. The van der Waals surface area contributed by atoms with Crippen LogP contribution in [0.25, 0.3) is 0 Å². The maximum atomic E-state index is 10.7. The van der Waals surface area contributed by atoms with Gasteiger partial charge in [0.1, 0.15) is 0 Å². The minimum Gasteiger partial charge on any atom is -0.356 e. The van der Waals surface area contributed by atoms with Gasteiger partial charge in [-0.1, -0.05) is 24.8 Å². The molecule has 0 aromatic heterocycles. The smallest absolute Gasteiger partial charge is 0.243 e. The maximum absolute atomic E-state index is 10.7. The van der Waals surface area contributed by atoms with Gasteiger partial charge >= 0.3 is 0 Å². The minimum atomic E-state index is -0.0868. The van der Waals surface area contributed by atoms with Crippen LogP contribution in [0.4, 0.5) is 0 Å². The molecule has 0 aliphatic rings. The highest BCUT2D eigenvalue weighted by atomic mass is 16.1. The molecule has 11 heavy (non-hydrogen) atoms. The predicted molar refractivity (Wildman–Crippen MR) is 47.2 cm³/mol. The summed E-state index contributed by atoms with van der Waals surface area (Å²) >= 11 is 0. The van der Waals surface area contributed by atoms with Gasteiger partial charge in [-0.05, 0) is 12.5 Å². The van der Waals surface area contributed by atoms with Crippen molar-refractivity contribution < 1.29 is 4.79 Å². The highest BCUT2D eigenvalue weighted by molar-refractivity contribution is 5.88. The van der Waals surface area contributed by atoms with Crippen LogP contribution in [0.2, 0.25) is 0 Å². The molecule has 0 heterocycles. The van der Waals surface area contributed by atoms with Gasteiger partial charge in [0.15, 0.2) is 0 Å². The van der Waals surface area contributed by atoms with Gasteiger partial charge in [-0.25, -0.2) is 0 Å². The first-order valence-electron chi connectivity index (χ1n) is 3.40. The third kappa shape index (κ3) is 5.15. The predicted octanol–water partition coefficient (Wildman–Crippen LogP) is 1.42. The molecule has 0 saturated heterocycles. The summed E-state index contributed by atoms with van der Waals surface area (Å²) in [4.78, 5) is 10.7. The van der Waals surface area contributed by atoms with Crippen molar-refractivity contribution in [2.24, 2.45) is 0 Å². The Kier molecular flexibility index (Phi) is 4.82. The van der Waals surface area contributed by atoms with Crippen LogP contribution in [0.5, 0.6) is 0 Å². The SMILES string of the molecule is C=C/C=C/C(C)=C\C(=O)NC. The summed E-state index contributed by atoms with van der Waals surface area (Å²) < 4.78 is 0. The van der Waals surface area contributed by atoms with Crippen molar-refractivity contribution in [2.45, 2.75) is 6.92 Å². The quantitative estimate of drug-likeness (QED) is 0.479. The Morgan fingerprint density at radius 2 is 2.18 bits per heavy atom. The van der Waals surface area contributed by atoms with Crippen molar-refractivity contribution in [3.05, 3.63) is 36.5 Å². The van der Waals surface area contributed by atoms with Crippen LogP contribution in [-0.4, -0.2) is 13.0 Å². The molecule has 1 N–H and O–H groups in total. The lowest BCUT2D eigenvalue weighted by atomic mass is 10.2. The lowest BCUT2D eigenvalue weighted by Crippen LogP contribution is -2.14. The van der Waals surface area contributed by atoms with Crippen molar-refractivity contribution in [3.63, 3.8) is 0 Å². The molecule has 0 bridgehead atoms. The number of carbonyl (C=O) groups excluding carboxylic acids is 1. The zero-order chi connectivity index (χ0) is 8.69. The van der Waals surface area contributed by atoms with Gasteiger partial charge in [0.25, 0.3) is 0 Å². The normalized spacial score (nSPS) is 11.6. The zero-order valence-electron chi connectivity index (χ0n) is 6.92. The molecular formula is C9H13NO. The fourth-order valence-electron chi connectivity index (χ4n) is 0.547. The van der Waals surface area contributed by atoms with E-state index in [2.05, 4.69) is 11.9 Å². The van der Waals surface area contributed by atoms with Crippen molar-refractivity contribution in [3.8, 4) is 0 Å². The number of nitrogens with one attached hydrogen (secondary N) is 1.